The number of carbonyl (C=O) groups excluding carboxylic acids is 4. The summed E-state index contributed by atoms with van der Waals surface area (Å²) in [6.45, 7) is 11.9. The number of aromatic nitrogens is 3. The maximum absolute atomic E-state index is 15.6. The molecule has 1 saturated carbocycles. The van der Waals surface area contributed by atoms with Crippen LogP contribution in [0.15, 0.2) is 60.9 Å². The van der Waals surface area contributed by atoms with Crippen LogP contribution in [-0.2, 0) is 20.5 Å². The molecule has 0 spiro atoms. The lowest BCUT2D eigenvalue weighted by atomic mass is 9.96. The van der Waals surface area contributed by atoms with Gasteiger partial charge >= 0.3 is 12.3 Å². The summed E-state index contributed by atoms with van der Waals surface area (Å²) in [6, 6.07) is 9.26. The minimum atomic E-state index is -4.89. The molecule has 2 aromatic carbocycles. The number of methoxy groups -OCH3 is 1. The van der Waals surface area contributed by atoms with Gasteiger partial charge in [-0.25, -0.2) is 19.2 Å². The fourth-order valence-corrected chi connectivity index (χ4v) is 8.31. The Kier molecular flexibility index (Phi) is 11.9. The van der Waals surface area contributed by atoms with Gasteiger partial charge in [-0.05, 0) is 78.5 Å². The van der Waals surface area contributed by atoms with E-state index in [0.717, 1.165) is 18.9 Å². The smallest absolute Gasteiger partial charge is 0.417 e. The van der Waals surface area contributed by atoms with E-state index in [1.807, 2.05) is 30.6 Å². The molecule has 3 aliphatic rings. The Morgan fingerprint density at radius 1 is 0.967 bits per heavy atom. The molecule has 13 nitrogen and oxygen atoms in total. The standard InChI is InChI=1S/C44H50F4N8O5/c1-24(2)37(53-42(60)61-6)41(59)56-15-7-8-35(56)38-50-22-34(51-38)27-11-9-26(10-12-27)29-18-32(45)33(19-30(29)44(46,47)48)52-39(57)28-13-14-36(49-21-28)55-17-16-54(23-25(55)3)40(58)31-20-43(31,4)5/h9-14,18-19,21-22,24-25,31,35,37H,7-8,15-17,20,23H2,1-6H3,(H,50,51)(H,52,57)(H,53,60). The molecule has 4 heterocycles. The summed E-state index contributed by atoms with van der Waals surface area (Å²) in [6.07, 6.45) is -0.508. The molecular formula is C44H50F4N8O5. The minimum Gasteiger partial charge on any atom is -0.453 e. The molecule has 61 heavy (non-hydrogen) atoms. The average Bonchev–Trinajstić information content (AvgIpc) is 3.56. The lowest BCUT2D eigenvalue weighted by Crippen LogP contribution is -2.54. The SMILES string of the molecule is COC(=O)NC(C(=O)N1CCCC1c1ncc(-c2ccc(-c3cc(F)c(NC(=O)c4ccc(N5CCN(C(=O)C6CC6(C)C)CC5C)nc4)cc3C(F)(F)F)cc2)[nH]1)C(C)C. The van der Waals surface area contributed by atoms with Crippen LogP contribution in [0.4, 0.5) is 33.9 Å². The fraction of sp³-hybridized carbons (Fsp3) is 0.455. The molecular weight excluding hydrogens is 797 g/mol. The van der Waals surface area contributed by atoms with E-state index in [-0.39, 0.29) is 52.3 Å². The number of pyridine rings is 1. The number of H-pyrrole nitrogens is 1. The monoisotopic (exact) mass is 846 g/mol. The molecule has 4 unspecified atom stereocenters. The van der Waals surface area contributed by atoms with Gasteiger partial charge in [0.25, 0.3) is 5.91 Å². The van der Waals surface area contributed by atoms with Crippen LogP contribution in [0.5, 0.6) is 0 Å². The third-order valence-electron chi connectivity index (χ3n) is 12.1. The normalized spacial score (nSPS) is 20.4. The summed E-state index contributed by atoms with van der Waals surface area (Å²) in [5, 5.41) is 4.90. The minimum absolute atomic E-state index is 0.0262. The molecule has 4 aromatic rings. The summed E-state index contributed by atoms with van der Waals surface area (Å²) >= 11 is 0. The van der Waals surface area contributed by atoms with E-state index in [9.17, 15) is 32.3 Å². The van der Waals surface area contributed by atoms with Crippen LogP contribution in [0.3, 0.4) is 0 Å². The molecule has 0 bridgehead atoms. The number of likely N-dealkylation sites (tertiary alicyclic amines) is 1. The molecule has 0 radical (unpaired) electrons. The van der Waals surface area contributed by atoms with Crippen LogP contribution in [0, 0.1) is 23.1 Å². The van der Waals surface area contributed by atoms with Gasteiger partial charge in [-0.2, -0.15) is 13.2 Å². The number of aromatic amines is 1. The van der Waals surface area contributed by atoms with Crippen molar-refractivity contribution in [2.75, 3.05) is 43.5 Å². The lowest BCUT2D eigenvalue weighted by molar-refractivity contribution is -0.137. The number of ether oxygens (including phenoxy) is 1. The highest BCUT2D eigenvalue weighted by molar-refractivity contribution is 6.04. The van der Waals surface area contributed by atoms with Crippen LogP contribution in [-0.4, -0.2) is 93.9 Å². The van der Waals surface area contributed by atoms with Gasteiger partial charge in [-0.1, -0.05) is 52.0 Å². The van der Waals surface area contributed by atoms with Crippen molar-refractivity contribution >= 4 is 35.3 Å². The lowest BCUT2D eigenvalue weighted by Gasteiger charge is -2.40. The Morgan fingerprint density at radius 2 is 1.67 bits per heavy atom. The van der Waals surface area contributed by atoms with E-state index in [2.05, 4.69) is 39.4 Å². The van der Waals surface area contributed by atoms with Crippen molar-refractivity contribution in [1.29, 1.82) is 0 Å². The number of rotatable bonds is 10. The molecule has 4 amide bonds. The highest BCUT2D eigenvalue weighted by Crippen LogP contribution is 2.52. The van der Waals surface area contributed by atoms with Crippen molar-refractivity contribution in [2.24, 2.45) is 17.3 Å². The number of hydrogen-bond donors (Lipinski definition) is 3. The van der Waals surface area contributed by atoms with E-state index in [1.165, 1.54) is 31.5 Å². The van der Waals surface area contributed by atoms with Gasteiger partial charge in [-0.3, -0.25) is 14.4 Å². The Bertz CT molecular complexity index is 2300. The first-order valence-corrected chi connectivity index (χ1v) is 20.4. The van der Waals surface area contributed by atoms with Gasteiger partial charge in [0.15, 0.2) is 0 Å². The average molecular weight is 847 g/mol. The highest BCUT2D eigenvalue weighted by atomic mass is 19.4. The predicted molar refractivity (Wildman–Crippen MR) is 220 cm³/mol. The van der Waals surface area contributed by atoms with E-state index in [4.69, 9.17) is 4.74 Å². The number of amides is 4. The van der Waals surface area contributed by atoms with Crippen LogP contribution in [0.2, 0.25) is 0 Å². The van der Waals surface area contributed by atoms with Gasteiger partial charge in [0.1, 0.15) is 23.5 Å². The van der Waals surface area contributed by atoms with Crippen LogP contribution < -0.4 is 15.5 Å². The Balaban J connectivity index is 1.02. The maximum atomic E-state index is 15.6. The number of imidazole rings is 1. The highest BCUT2D eigenvalue weighted by Gasteiger charge is 2.52. The summed E-state index contributed by atoms with van der Waals surface area (Å²) in [7, 11) is 1.23. The first-order valence-electron chi connectivity index (χ1n) is 20.4. The van der Waals surface area contributed by atoms with Gasteiger partial charge in [0, 0.05) is 44.3 Å². The van der Waals surface area contributed by atoms with Crippen LogP contribution in [0.1, 0.15) is 81.7 Å². The van der Waals surface area contributed by atoms with Gasteiger partial charge in [0.2, 0.25) is 11.8 Å². The molecule has 324 valence electrons. The maximum Gasteiger partial charge on any atom is 0.417 e. The number of piperazine rings is 1. The molecule has 2 saturated heterocycles. The number of benzene rings is 2. The summed E-state index contributed by atoms with van der Waals surface area (Å²) in [4.78, 5) is 69.3. The second-order valence-electron chi connectivity index (χ2n) is 17.1. The molecule has 2 aromatic heterocycles. The van der Waals surface area contributed by atoms with E-state index in [1.54, 1.807) is 29.3 Å². The van der Waals surface area contributed by atoms with Crippen LogP contribution >= 0.6 is 0 Å². The molecule has 1 aliphatic carbocycles. The number of anilines is 2. The molecule has 7 rings (SSSR count). The molecule has 3 N–H and O–H groups in total. The number of hydrogen-bond acceptors (Lipinski definition) is 8. The zero-order valence-electron chi connectivity index (χ0n) is 34.9. The Labute approximate surface area is 351 Å². The predicted octanol–water partition coefficient (Wildman–Crippen LogP) is 7.68. The van der Waals surface area contributed by atoms with Crippen molar-refractivity contribution < 1.29 is 41.5 Å². The van der Waals surface area contributed by atoms with E-state index in [0.29, 0.717) is 61.6 Å². The van der Waals surface area contributed by atoms with Gasteiger partial charge in [0.05, 0.1) is 41.9 Å². The first kappa shape index (κ1) is 43.1. The first-order chi connectivity index (χ1) is 28.9. The van der Waals surface area contributed by atoms with Gasteiger partial charge < -0.3 is 35.1 Å². The fourth-order valence-electron chi connectivity index (χ4n) is 8.31. The third kappa shape index (κ3) is 9.05. The van der Waals surface area contributed by atoms with Crippen LogP contribution in [0.25, 0.3) is 22.4 Å². The second-order valence-corrected chi connectivity index (χ2v) is 17.1. The zero-order valence-corrected chi connectivity index (χ0v) is 34.9. The van der Waals surface area contributed by atoms with Crippen molar-refractivity contribution in [3.05, 3.63) is 83.7 Å². The third-order valence-corrected chi connectivity index (χ3v) is 12.1. The molecule has 2 aliphatic heterocycles. The summed E-state index contributed by atoms with van der Waals surface area (Å²) in [5.41, 5.74) is -0.895. The Hall–Kier alpha value is -6.00. The largest absolute Gasteiger partial charge is 0.453 e. The summed E-state index contributed by atoms with van der Waals surface area (Å²) < 4.78 is 63.8. The van der Waals surface area contributed by atoms with Crippen molar-refractivity contribution in [1.82, 2.24) is 30.1 Å². The number of nitrogens with zero attached hydrogens (tertiary/aromatic N) is 5. The number of carbonyl (C=O) groups is 4. The quantitative estimate of drug-likeness (QED) is 0.138. The van der Waals surface area contributed by atoms with E-state index >= 15 is 4.39 Å². The number of alkyl halides is 3. The van der Waals surface area contributed by atoms with Crippen molar-refractivity contribution in [3.8, 4) is 22.4 Å². The molecule has 17 heteroatoms. The topological polar surface area (TPSA) is 153 Å². The molecule has 3 fully saturated rings. The summed E-state index contributed by atoms with van der Waals surface area (Å²) in [5.74, 6) is -1.05. The van der Waals surface area contributed by atoms with Crippen molar-refractivity contribution in [2.45, 2.75) is 78.2 Å². The number of alkyl carbamates (subject to hydrolysis) is 1. The Morgan fingerprint density at radius 3 is 2.28 bits per heavy atom. The van der Waals surface area contributed by atoms with Crippen molar-refractivity contribution in [3.63, 3.8) is 0 Å². The second kappa shape index (κ2) is 16.8. The van der Waals surface area contributed by atoms with E-state index < -0.39 is 46.9 Å². The molecule has 4 atom stereocenters. The van der Waals surface area contributed by atoms with Gasteiger partial charge in [-0.15, -0.1) is 0 Å². The number of halogens is 4. The number of nitrogens with one attached hydrogen (secondary N) is 3. The zero-order chi connectivity index (χ0) is 44.0.